The minimum absolute atomic E-state index is 0.145. The minimum Gasteiger partial charge on any atom is -0.377 e. The Labute approximate surface area is 156 Å². The second-order valence-electron chi connectivity index (χ2n) is 8.43. The second-order valence-corrected chi connectivity index (χ2v) is 10.7. The second kappa shape index (κ2) is 7.15. The van der Waals surface area contributed by atoms with E-state index >= 15 is 0 Å². The highest BCUT2D eigenvalue weighted by Crippen LogP contribution is 2.60. The van der Waals surface area contributed by atoms with Gasteiger partial charge in [0.25, 0.3) is 0 Å². The first-order valence-corrected chi connectivity index (χ1v) is 11.8. The molecule has 4 rings (SSSR count). The van der Waals surface area contributed by atoms with Gasteiger partial charge in [-0.3, -0.25) is 4.99 Å². The molecular weight excluding hydrogens is 350 g/mol. The number of guanidine groups is 1. The summed E-state index contributed by atoms with van der Waals surface area (Å²) in [6.45, 7) is 5.88. The molecule has 26 heavy (non-hydrogen) atoms. The first kappa shape index (κ1) is 18.3. The van der Waals surface area contributed by atoms with E-state index in [9.17, 15) is 8.42 Å². The Kier molecular flexibility index (Phi) is 5.03. The Balaban J connectivity index is 1.44. The Hall–Kier alpha value is -1.08. The van der Waals surface area contributed by atoms with Crippen molar-refractivity contribution >= 4 is 15.8 Å². The third kappa shape index (κ3) is 3.28. The highest BCUT2D eigenvalue weighted by atomic mass is 32.2. The van der Waals surface area contributed by atoms with Gasteiger partial charge in [0.05, 0.1) is 17.6 Å². The summed E-state index contributed by atoms with van der Waals surface area (Å²) >= 11 is 0. The normalized spacial score (nSPS) is 37.3. The van der Waals surface area contributed by atoms with Crippen LogP contribution in [0.2, 0.25) is 0 Å². The van der Waals surface area contributed by atoms with E-state index in [2.05, 4.69) is 17.2 Å². The monoisotopic (exact) mass is 381 g/mol. The molecule has 0 radical (unpaired) electrons. The average molecular weight is 382 g/mol. The van der Waals surface area contributed by atoms with Gasteiger partial charge in [0.15, 0.2) is 15.8 Å². The van der Waals surface area contributed by atoms with Crippen LogP contribution in [0, 0.1) is 17.3 Å². The van der Waals surface area contributed by atoms with Crippen LogP contribution in [0.4, 0.5) is 0 Å². The van der Waals surface area contributed by atoms with Gasteiger partial charge >= 0.3 is 0 Å². The molecule has 4 unspecified atom stereocenters. The maximum atomic E-state index is 11.7. The van der Waals surface area contributed by atoms with E-state index in [-0.39, 0.29) is 17.1 Å². The lowest BCUT2D eigenvalue weighted by atomic mass is 9.54. The lowest BCUT2D eigenvalue weighted by Gasteiger charge is -2.57. The third-order valence-corrected chi connectivity index (χ3v) is 8.66. The van der Waals surface area contributed by atoms with Crippen molar-refractivity contribution in [3.63, 3.8) is 0 Å². The van der Waals surface area contributed by atoms with Crippen LogP contribution in [0.25, 0.3) is 0 Å². The van der Waals surface area contributed by atoms with Gasteiger partial charge in [-0.1, -0.05) is 18.9 Å². The van der Waals surface area contributed by atoms with E-state index in [0.717, 1.165) is 25.4 Å². The zero-order valence-corrected chi connectivity index (χ0v) is 16.3. The molecule has 4 atom stereocenters. The summed E-state index contributed by atoms with van der Waals surface area (Å²) in [6, 6.07) is 0.417. The van der Waals surface area contributed by atoms with Crippen molar-refractivity contribution in [2.45, 2.75) is 50.7 Å². The maximum Gasteiger partial charge on any atom is 0.191 e. The first-order chi connectivity index (χ1) is 12.5. The van der Waals surface area contributed by atoms with Crippen molar-refractivity contribution in [3.05, 3.63) is 12.7 Å². The largest absolute Gasteiger partial charge is 0.377 e. The summed E-state index contributed by atoms with van der Waals surface area (Å²) in [5, 5.41) is 7.03. The fourth-order valence-electron chi connectivity index (χ4n) is 5.61. The zero-order valence-electron chi connectivity index (χ0n) is 15.5. The molecule has 4 aliphatic rings. The molecule has 1 spiro atoms. The molecule has 146 valence electrons. The van der Waals surface area contributed by atoms with E-state index in [4.69, 9.17) is 9.73 Å². The van der Waals surface area contributed by atoms with Crippen LogP contribution in [0.3, 0.4) is 0 Å². The number of hydrogen-bond acceptors (Lipinski definition) is 4. The fourth-order valence-corrected chi connectivity index (χ4v) is 7.46. The minimum atomic E-state index is -2.85. The molecule has 0 aromatic heterocycles. The van der Waals surface area contributed by atoms with Crippen molar-refractivity contribution in [1.29, 1.82) is 0 Å². The molecule has 6 nitrogen and oxygen atoms in total. The van der Waals surface area contributed by atoms with Crippen molar-refractivity contribution < 1.29 is 13.2 Å². The highest BCUT2D eigenvalue weighted by molar-refractivity contribution is 7.91. The molecule has 2 N–H and O–H groups in total. The highest BCUT2D eigenvalue weighted by Gasteiger charge is 2.65. The maximum absolute atomic E-state index is 11.7. The molecule has 7 heteroatoms. The molecule has 0 bridgehead atoms. The summed E-state index contributed by atoms with van der Waals surface area (Å²) < 4.78 is 29.4. The third-order valence-electron chi connectivity index (χ3n) is 6.83. The van der Waals surface area contributed by atoms with Crippen molar-refractivity contribution in [2.24, 2.45) is 22.2 Å². The molecule has 0 aromatic carbocycles. The molecule has 2 saturated heterocycles. The summed E-state index contributed by atoms with van der Waals surface area (Å²) in [7, 11) is -2.85. The standard InChI is InChI=1S/C19H31N3O3S/c1-2-9-20-18(21-12-14-6-11-26(23,24)13-14)22-16-15-5-10-25-17(15)19(16)7-3-4-8-19/h2,14-17H,1,3-13H2,(H2,20,21,22). The van der Waals surface area contributed by atoms with E-state index in [0.29, 0.717) is 36.9 Å². The Morgan fingerprint density at radius 2 is 2.12 bits per heavy atom. The van der Waals surface area contributed by atoms with E-state index in [1.54, 1.807) is 0 Å². The van der Waals surface area contributed by atoms with Crippen molar-refractivity contribution in [1.82, 2.24) is 10.6 Å². The van der Waals surface area contributed by atoms with Crippen LogP contribution in [0.1, 0.15) is 38.5 Å². The number of hydrogen-bond donors (Lipinski definition) is 2. The fraction of sp³-hybridized carbons (Fsp3) is 0.842. The lowest BCUT2D eigenvalue weighted by molar-refractivity contribution is -0.125. The number of rotatable bonds is 5. The van der Waals surface area contributed by atoms with Crippen LogP contribution in [0.15, 0.2) is 17.6 Å². The van der Waals surface area contributed by atoms with Gasteiger partial charge in [-0.15, -0.1) is 6.58 Å². The first-order valence-electron chi connectivity index (χ1n) is 10.0. The van der Waals surface area contributed by atoms with Crippen LogP contribution < -0.4 is 10.6 Å². The molecular formula is C19H31N3O3S. The molecule has 2 saturated carbocycles. The van der Waals surface area contributed by atoms with Crippen LogP contribution in [-0.2, 0) is 14.6 Å². The number of sulfone groups is 1. The Morgan fingerprint density at radius 3 is 2.81 bits per heavy atom. The molecule has 2 aliphatic heterocycles. The van der Waals surface area contributed by atoms with Gasteiger partial charge in [0, 0.05) is 37.1 Å². The number of nitrogens with zero attached hydrogens (tertiary/aromatic N) is 1. The summed E-state index contributed by atoms with van der Waals surface area (Å²) in [5.74, 6) is 2.11. The topological polar surface area (TPSA) is 79.8 Å². The van der Waals surface area contributed by atoms with Crippen LogP contribution >= 0.6 is 0 Å². The summed E-state index contributed by atoms with van der Waals surface area (Å²) in [4.78, 5) is 4.74. The molecule has 0 aromatic rings. The Bertz CT molecular complexity index is 670. The summed E-state index contributed by atoms with van der Waals surface area (Å²) in [6.07, 6.45) is 9.15. The van der Waals surface area contributed by atoms with Crippen LogP contribution in [-0.4, -0.2) is 57.7 Å². The lowest BCUT2D eigenvalue weighted by Crippen LogP contribution is -2.69. The van der Waals surface area contributed by atoms with Gasteiger partial charge in [-0.05, 0) is 31.6 Å². The predicted octanol–water partition coefficient (Wildman–Crippen LogP) is 1.49. The molecule has 0 amide bonds. The van der Waals surface area contributed by atoms with Gasteiger partial charge < -0.3 is 15.4 Å². The molecule has 2 heterocycles. The van der Waals surface area contributed by atoms with Gasteiger partial charge in [0.1, 0.15) is 0 Å². The van der Waals surface area contributed by atoms with Crippen molar-refractivity contribution in [2.75, 3.05) is 31.2 Å². The molecule has 4 fully saturated rings. The quantitative estimate of drug-likeness (QED) is 0.428. The molecule has 2 aliphatic carbocycles. The number of fused-ring (bicyclic) bond motifs is 2. The zero-order chi connectivity index (χ0) is 18.2. The van der Waals surface area contributed by atoms with Crippen LogP contribution in [0.5, 0.6) is 0 Å². The van der Waals surface area contributed by atoms with Gasteiger partial charge in [-0.25, -0.2) is 8.42 Å². The average Bonchev–Trinajstić information content (AvgIpc) is 3.32. The van der Waals surface area contributed by atoms with E-state index < -0.39 is 9.84 Å². The van der Waals surface area contributed by atoms with Crippen molar-refractivity contribution in [3.8, 4) is 0 Å². The smallest absolute Gasteiger partial charge is 0.191 e. The summed E-state index contributed by atoms with van der Waals surface area (Å²) in [5.41, 5.74) is 0.272. The number of ether oxygens (including phenoxy) is 1. The van der Waals surface area contributed by atoms with Gasteiger partial charge in [-0.2, -0.15) is 0 Å². The predicted molar refractivity (Wildman–Crippen MR) is 103 cm³/mol. The van der Waals surface area contributed by atoms with E-state index in [1.165, 1.54) is 25.7 Å². The Morgan fingerprint density at radius 1 is 1.31 bits per heavy atom. The number of nitrogens with one attached hydrogen (secondary N) is 2. The SMILES string of the molecule is C=CCNC(=NCC1CCS(=O)(=O)C1)NC1C2CCOC2C12CCCC2. The van der Waals surface area contributed by atoms with Gasteiger partial charge in [0.2, 0.25) is 0 Å². The number of aliphatic imine (C=N–C) groups is 1. The van der Waals surface area contributed by atoms with E-state index in [1.807, 2.05) is 6.08 Å².